The quantitative estimate of drug-likeness (QED) is 0.575. The van der Waals surface area contributed by atoms with E-state index in [0.29, 0.717) is 0 Å². The van der Waals surface area contributed by atoms with Gasteiger partial charge in [-0.25, -0.2) is 0 Å². The first-order valence-electron chi connectivity index (χ1n) is 4.21. The second-order valence-electron chi connectivity index (χ2n) is 2.79. The van der Waals surface area contributed by atoms with Crippen LogP contribution < -0.4 is 5.32 Å². The molecule has 58 valence electrons. The molecule has 10 heavy (non-hydrogen) atoms. The molecular weight excluding hydrogens is 124 g/mol. The van der Waals surface area contributed by atoms with Crippen molar-refractivity contribution >= 4 is 6.34 Å². The summed E-state index contributed by atoms with van der Waals surface area (Å²) in [6.07, 6.45) is 4.64. The SMILES string of the molecule is CCC(CC)[N+]1=CNCC1. The number of nitrogens with zero attached hydrogens (tertiary/aromatic N) is 1. The fourth-order valence-electron chi connectivity index (χ4n) is 1.49. The Bertz CT molecular complexity index is 125. The molecule has 0 unspecified atom stereocenters. The Labute approximate surface area is 62.9 Å². The maximum absolute atomic E-state index is 3.22. The Morgan fingerprint density at radius 1 is 1.50 bits per heavy atom. The fourth-order valence-corrected chi connectivity index (χ4v) is 1.49. The normalized spacial score (nSPS) is 17.3. The van der Waals surface area contributed by atoms with E-state index in [1.54, 1.807) is 0 Å². The van der Waals surface area contributed by atoms with Gasteiger partial charge in [0, 0.05) is 0 Å². The molecule has 0 amide bonds. The van der Waals surface area contributed by atoms with Crippen LogP contribution in [-0.4, -0.2) is 30.0 Å². The van der Waals surface area contributed by atoms with Crippen LogP contribution in [-0.2, 0) is 0 Å². The third-order valence-electron chi connectivity index (χ3n) is 2.18. The van der Waals surface area contributed by atoms with E-state index in [1.165, 1.54) is 19.4 Å². The first-order chi connectivity index (χ1) is 4.88. The highest BCUT2D eigenvalue weighted by Gasteiger charge is 2.16. The van der Waals surface area contributed by atoms with E-state index in [-0.39, 0.29) is 0 Å². The van der Waals surface area contributed by atoms with Gasteiger partial charge in [-0.2, -0.15) is 0 Å². The van der Waals surface area contributed by atoms with Gasteiger partial charge in [-0.05, 0) is 12.8 Å². The van der Waals surface area contributed by atoms with Crippen LogP contribution in [0.2, 0.25) is 0 Å². The number of hydrogen-bond acceptors (Lipinski definition) is 1. The summed E-state index contributed by atoms with van der Waals surface area (Å²) in [5, 5.41) is 3.22. The molecule has 0 bridgehead atoms. The first kappa shape index (κ1) is 7.58. The Hall–Kier alpha value is -0.530. The van der Waals surface area contributed by atoms with Crippen molar-refractivity contribution in [2.24, 2.45) is 0 Å². The van der Waals surface area contributed by atoms with Crippen LogP contribution in [0.25, 0.3) is 0 Å². The Morgan fingerprint density at radius 3 is 2.60 bits per heavy atom. The summed E-state index contributed by atoms with van der Waals surface area (Å²) in [7, 11) is 0. The van der Waals surface area contributed by atoms with Crippen LogP contribution in [0, 0.1) is 0 Å². The lowest BCUT2D eigenvalue weighted by Gasteiger charge is -2.10. The van der Waals surface area contributed by atoms with Crippen LogP contribution in [0.15, 0.2) is 0 Å². The molecule has 0 aromatic heterocycles. The second-order valence-corrected chi connectivity index (χ2v) is 2.79. The second kappa shape index (κ2) is 3.59. The zero-order chi connectivity index (χ0) is 7.40. The third-order valence-corrected chi connectivity index (χ3v) is 2.18. The highest BCUT2D eigenvalue weighted by molar-refractivity contribution is 5.49. The molecule has 1 rings (SSSR count). The third kappa shape index (κ3) is 1.49. The van der Waals surface area contributed by atoms with Gasteiger partial charge in [0.25, 0.3) is 0 Å². The van der Waals surface area contributed by atoms with Crippen LogP contribution in [0.4, 0.5) is 0 Å². The minimum absolute atomic E-state index is 0.759. The highest BCUT2D eigenvalue weighted by atomic mass is 15.2. The molecule has 0 radical (unpaired) electrons. The van der Waals surface area contributed by atoms with Crippen LogP contribution in [0.1, 0.15) is 26.7 Å². The smallest absolute Gasteiger partial charge is 0.232 e. The van der Waals surface area contributed by atoms with E-state index in [9.17, 15) is 0 Å². The predicted molar refractivity (Wildman–Crippen MR) is 43.6 cm³/mol. The van der Waals surface area contributed by atoms with Crippen molar-refractivity contribution < 1.29 is 4.58 Å². The predicted octanol–water partition coefficient (Wildman–Crippen LogP) is 0.819. The van der Waals surface area contributed by atoms with Gasteiger partial charge in [-0.15, -0.1) is 0 Å². The van der Waals surface area contributed by atoms with E-state index in [0.717, 1.165) is 12.6 Å². The molecule has 0 saturated heterocycles. The van der Waals surface area contributed by atoms with Crippen molar-refractivity contribution in [1.82, 2.24) is 5.32 Å². The van der Waals surface area contributed by atoms with E-state index in [2.05, 4.69) is 30.1 Å². The lowest BCUT2D eigenvalue weighted by molar-refractivity contribution is -0.554. The van der Waals surface area contributed by atoms with Gasteiger partial charge in [-0.1, -0.05) is 13.8 Å². The fraction of sp³-hybridized carbons (Fsp3) is 0.875. The van der Waals surface area contributed by atoms with Gasteiger partial charge in [0.2, 0.25) is 6.34 Å². The van der Waals surface area contributed by atoms with Gasteiger partial charge in [-0.3, -0.25) is 9.89 Å². The largest absolute Gasteiger partial charge is 0.277 e. The summed E-state index contributed by atoms with van der Waals surface area (Å²) in [6.45, 7) is 6.81. The molecular formula is C8H17N2+. The van der Waals surface area contributed by atoms with E-state index in [4.69, 9.17) is 0 Å². The molecule has 0 spiro atoms. The number of nitrogens with one attached hydrogen (secondary N) is 1. The first-order valence-corrected chi connectivity index (χ1v) is 4.21. The Balaban J connectivity index is 2.44. The standard InChI is InChI=1S/C8H16N2/c1-3-8(4-2)10-6-5-9-7-10/h7-8H,3-6H2,1-2H3/p+1. The van der Waals surface area contributed by atoms with Gasteiger partial charge in [0.1, 0.15) is 13.1 Å². The van der Waals surface area contributed by atoms with Gasteiger partial charge in [0.15, 0.2) is 0 Å². The van der Waals surface area contributed by atoms with Crippen LogP contribution in [0.5, 0.6) is 0 Å². The summed E-state index contributed by atoms with van der Waals surface area (Å²) in [5.41, 5.74) is 0. The minimum atomic E-state index is 0.759. The molecule has 1 aliphatic heterocycles. The average molecular weight is 141 g/mol. The minimum Gasteiger partial charge on any atom is -0.277 e. The maximum Gasteiger partial charge on any atom is 0.232 e. The summed E-state index contributed by atoms with van der Waals surface area (Å²) in [5.74, 6) is 0. The molecule has 2 heteroatoms. The zero-order valence-corrected chi connectivity index (χ0v) is 6.93. The Morgan fingerprint density at radius 2 is 2.20 bits per heavy atom. The van der Waals surface area contributed by atoms with Crippen molar-refractivity contribution in [1.29, 1.82) is 0 Å². The van der Waals surface area contributed by atoms with Crippen molar-refractivity contribution in [2.45, 2.75) is 32.7 Å². The molecule has 1 N–H and O–H groups in total. The maximum atomic E-state index is 3.22. The van der Waals surface area contributed by atoms with Crippen LogP contribution in [0.3, 0.4) is 0 Å². The van der Waals surface area contributed by atoms with Crippen molar-refractivity contribution in [3.63, 3.8) is 0 Å². The van der Waals surface area contributed by atoms with Gasteiger partial charge >= 0.3 is 0 Å². The Kier molecular flexibility index (Phi) is 2.72. The molecule has 0 saturated carbocycles. The summed E-state index contributed by atoms with van der Waals surface area (Å²) in [6, 6.07) is 0.759. The molecule has 0 atom stereocenters. The molecule has 0 aliphatic carbocycles. The van der Waals surface area contributed by atoms with E-state index < -0.39 is 0 Å². The number of hydrogen-bond donors (Lipinski definition) is 1. The van der Waals surface area contributed by atoms with Crippen LogP contribution >= 0.6 is 0 Å². The molecule has 2 nitrogen and oxygen atoms in total. The zero-order valence-electron chi connectivity index (χ0n) is 6.93. The molecule has 1 aliphatic rings. The number of rotatable bonds is 3. The molecule has 0 fully saturated rings. The van der Waals surface area contributed by atoms with Crippen molar-refractivity contribution in [2.75, 3.05) is 13.1 Å². The van der Waals surface area contributed by atoms with E-state index in [1.807, 2.05) is 0 Å². The molecule has 0 aromatic carbocycles. The molecule has 0 aromatic rings. The van der Waals surface area contributed by atoms with E-state index >= 15 is 0 Å². The van der Waals surface area contributed by atoms with Gasteiger partial charge in [0.05, 0.1) is 6.04 Å². The molecule has 1 heterocycles. The van der Waals surface area contributed by atoms with Crippen molar-refractivity contribution in [3.05, 3.63) is 0 Å². The summed E-state index contributed by atoms with van der Waals surface area (Å²) >= 11 is 0. The summed E-state index contributed by atoms with van der Waals surface area (Å²) in [4.78, 5) is 0. The lowest BCUT2D eigenvalue weighted by atomic mass is 10.1. The lowest BCUT2D eigenvalue weighted by Crippen LogP contribution is -2.24. The average Bonchev–Trinajstić information content (AvgIpc) is 2.43. The summed E-state index contributed by atoms with van der Waals surface area (Å²) < 4.78 is 2.40. The highest BCUT2D eigenvalue weighted by Crippen LogP contribution is 2.02. The topological polar surface area (TPSA) is 15.0 Å². The van der Waals surface area contributed by atoms with Gasteiger partial charge < -0.3 is 0 Å². The monoisotopic (exact) mass is 141 g/mol. The van der Waals surface area contributed by atoms with Crippen molar-refractivity contribution in [3.8, 4) is 0 Å².